The first-order valence-electron chi connectivity index (χ1n) is 15.0. The third-order valence-corrected chi connectivity index (χ3v) is 8.51. The molecule has 0 spiro atoms. The van der Waals surface area contributed by atoms with E-state index in [2.05, 4.69) is 29.8 Å². The number of hydrogen-bond donors (Lipinski definition) is 4. The van der Waals surface area contributed by atoms with Crippen LogP contribution in [-0.2, 0) is 35.8 Å². The molecule has 0 aromatic heterocycles. The van der Waals surface area contributed by atoms with Gasteiger partial charge in [-0.15, -0.1) is 0 Å². The summed E-state index contributed by atoms with van der Waals surface area (Å²) in [5, 5.41) is 6.07. The van der Waals surface area contributed by atoms with E-state index in [1.165, 1.54) is 0 Å². The maximum Gasteiger partial charge on any atom is 0.278 e. The van der Waals surface area contributed by atoms with Crippen molar-refractivity contribution in [1.82, 2.24) is 16.0 Å². The number of para-hydroxylation sites is 1. The molecular formula is C33H46N4O7S. The maximum atomic E-state index is 13.4. The van der Waals surface area contributed by atoms with Crippen LogP contribution in [0.2, 0.25) is 0 Å². The average molecular weight is 643 g/mol. The molecule has 45 heavy (non-hydrogen) atoms. The lowest BCUT2D eigenvalue weighted by molar-refractivity contribution is -0.124. The van der Waals surface area contributed by atoms with E-state index in [9.17, 15) is 27.4 Å². The number of carbonyl (C=O) groups excluding carboxylic acids is 3. The Hall–Kier alpha value is -3.58. The average Bonchev–Trinajstić information content (AvgIpc) is 2.93. The Labute approximate surface area is 266 Å². The van der Waals surface area contributed by atoms with Gasteiger partial charge in [0.05, 0.1) is 25.4 Å². The lowest BCUT2D eigenvalue weighted by Gasteiger charge is -2.28. The van der Waals surface area contributed by atoms with E-state index in [1.807, 2.05) is 81.6 Å². The van der Waals surface area contributed by atoms with Crippen LogP contribution in [0.1, 0.15) is 57.2 Å². The highest BCUT2D eigenvalue weighted by Gasteiger charge is 2.33. The van der Waals surface area contributed by atoms with Gasteiger partial charge >= 0.3 is 0 Å². The Bertz CT molecular complexity index is 1490. The Morgan fingerprint density at radius 2 is 1.56 bits per heavy atom. The number of hydrogen-bond acceptors (Lipinski definition) is 7. The molecule has 1 unspecified atom stereocenters. The lowest BCUT2D eigenvalue weighted by Crippen LogP contribution is -2.48. The second-order valence-electron chi connectivity index (χ2n) is 12.9. The van der Waals surface area contributed by atoms with Gasteiger partial charge in [0.25, 0.3) is 10.1 Å². The molecule has 0 saturated carbocycles. The number of benzene rings is 2. The first-order chi connectivity index (χ1) is 21.1. The Morgan fingerprint density at radius 1 is 0.933 bits per heavy atom. The van der Waals surface area contributed by atoms with E-state index in [4.69, 9.17) is 4.74 Å². The first kappa shape index (κ1) is 35.9. The minimum Gasteiger partial charge on any atom is -0.380 e. The largest absolute Gasteiger partial charge is 0.380 e. The molecule has 246 valence electrons. The number of fused-ring (bicyclic) bond motifs is 2. The van der Waals surface area contributed by atoms with Crippen LogP contribution in [0, 0.1) is 10.8 Å². The lowest BCUT2D eigenvalue weighted by atomic mass is 9.89. The summed E-state index contributed by atoms with van der Waals surface area (Å²) in [5.74, 6) is -1.77. The molecule has 1 aliphatic heterocycles. The fourth-order valence-electron chi connectivity index (χ4n) is 5.14. The predicted molar refractivity (Wildman–Crippen MR) is 176 cm³/mol. The number of anilines is 1. The summed E-state index contributed by atoms with van der Waals surface area (Å²) in [7, 11) is -2.99. The first-order valence-corrected chi connectivity index (χ1v) is 16.5. The molecule has 11 nitrogen and oxygen atoms in total. The van der Waals surface area contributed by atoms with Crippen LogP contribution in [0.4, 0.5) is 5.69 Å². The molecule has 0 saturated heterocycles. The third kappa shape index (κ3) is 11.1. The van der Waals surface area contributed by atoms with Gasteiger partial charge in [0.1, 0.15) is 0 Å². The molecule has 1 heterocycles. The Kier molecular flexibility index (Phi) is 12.5. The van der Waals surface area contributed by atoms with E-state index >= 15 is 0 Å². The zero-order valence-electron chi connectivity index (χ0n) is 26.8. The van der Waals surface area contributed by atoms with Gasteiger partial charge in [0.2, 0.25) is 17.7 Å². The van der Waals surface area contributed by atoms with Gasteiger partial charge in [-0.1, -0.05) is 82.3 Å². The molecule has 2 aromatic carbocycles. The monoisotopic (exact) mass is 642 g/mol. The van der Waals surface area contributed by atoms with Gasteiger partial charge in [-0.05, 0) is 35.2 Å². The highest BCUT2D eigenvalue weighted by molar-refractivity contribution is 7.87. The highest BCUT2D eigenvalue weighted by atomic mass is 32.2. The van der Waals surface area contributed by atoms with Gasteiger partial charge in [-0.25, -0.2) is 0 Å². The topological polar surface area (TPSA) is 154 Å². The summed E-state index contributed by atoms with van der Waals surface area (Å²) in [6.45, 7) is 8.90. The van der Waals surface area contributed by atoms with Gasteiger partial charge in [0.15, 0.2) is 5.25 Å². The molecule has 0 bridgehead atoms. The van der Waals surface area contributed by atoms with E-state index in [0.29, 0.717) is 25.4 Å². The SMILES string of the molecule is CNCC(C)(C)COCC(C)(C)CC(=O)NCC(C(=O)NCCC(=O)N1Cc2ccccc2/C=C\c2ccccc21)S(=O)(=O)O. The van der Waals surface area contributed by atoms with Crippen LogP contribution in [0.5, 0.6) is 0 Å². The number of nitrogens with one attached hydrogen (secondary N) is 3. The number of carbonyl (C=O) groups is 3. The highest BCUT2D eigenvalue weighted by Crippen LogP contribution is 2.29. The Balaban J connectivity index is 1.56. The minimum absolute atomic E-state index is 0.0173. The maximum absolute atomic E-state index is 13.4. The molecule has 0 aliphatic carbocycles. The van der Waals surface area contributed by atoms with Crippen molar-refractivity contribution < 1.29 is 32.1 Å². The van der Waals surface area contributed by atoms with Crippen molar-refractivity contribution in [2.45, 2.75) is 52.3 Å². The molecule has 2 aromatic rings. The molecule has 4 N–H and O–H groups in total. The quantitative estimate of drug-likeness (QED) is 0.216. The normalized spacial score (nSPS) is 14.8. The number of nitrogens with zero attached hydrogens (tertiary/aromatic N) is 1. The van der Waals surface area contributed by atoms with Gasteiger partial charge in [-0.2, -0.15) is 8.42 Å². The summed E-state index contributed by atoms with van der Waals surface area (Å²) >= 11 is 0. The Morgan fingerprint density at radius 3 is 2.24 bits per heavy atom. The summed E-state index contributed by atoms with van der Waals surface area (Å²) < 4.78 is 39.7. The molecule has 3 rings (SSSR count). The van der Waals surface area contributed by atoms with E-state index < -0.39 is 39.1 Å². The van der Waals surface area contributed by atoms with Gasteiger partial charge < -0.3 is 25.6 Å². The van der Waals surface area contributed by atoms with Crippen molar-refractivity contribution >= 4 is 45.7 Å². The van der Waals surface area contributed by atoms with E-state index in [1.54, 1.807) is 4.90 Å². The van der Waals surface area contributed by atoms with Crippen molar-refractivity contribution in [3.63, 3.8) is 0 Å². The summed E-state index contributed by atoms with van der Waals surface area (Å²) in [5.41, 5.74) is 2.87. The minimum atomic E-state index is -4.85. The number of amides is 3. The van der Waals surface area contributed by atoms with Crippen LogP contribution in [-0.4, -0.2) is 75.8 Å². The standard InChI is InChI=1S/C33H46N4O7S/c1-32(2,22-44-23-33(3,4)21-34-5)18-29(38)36-19-28(45(41,42)43)31(40)35-17-16-30(39)37-20-26-12-7-6-10-24(26)14-15-25-11-8-9-13-27(25)37/h6-15,28,34H,16-23H2,1-5H3,(H,35,40)(H,36,38)(H,41,42,43)/b15-14-. The fourth-order valence-corrected chi connectivity index (χ4v) is 5.78. The van der Waals surface area contributed by atoms with Crippen molar-refractivity contribution in [3.05, 3.63) is 65.2 Å². The smallest absolute Gasteiger partial charge is 0.278 e. The van der Waals surface area contributed by atoms with Crippen LogP contribution < -0.4 is 20.9 Å². The summed E-state index contributed by atoms with van der Waals surface area (Å²) in [4.78, 5) is 40.5. The fraction of sp³-hybridized carbons (Fsp3) is 0.485. The summed E-state index contributed by atoms with van der Waals surface area (Å²) in [6.07, 6.45) is 3.85. The predicted octanol–water partition coefficient (Wildman–Crippen LogP) is 3.26. The van der Waals surface area contributed by atoms with E-state index in [-0.39, 0.29) is 30.7 Å². The second kappa shape index (κ2) is 15.6. The zero-order valence-corrected chi connectivity index (χ0v) is 27.6. The van der Waals surface area contributed by atoms with Crippen molar-refractivity contribution in [1.29, 1.82) is 0 Å². The van der Waals surface area contributed by atoms with E-state index in [0.717, 1.165) is 23.2 Å². The molecule has 0 radical (unpaired) electrons. The molecule has 12 heteroatoms. The molecule has 1 aliphatic rings. The molecular weight excluding hydrogens is 596 g/mol. The second-order valence-corrected chi connectivity index (χ2v) is 14.5. The number of rotatable bonds is 15. The van der Waals surface area contributed by atoms with Crippen molar-refractivity contribution in [3.8, 4) is 0 Å². The van der Waals surface area contributed by atoms with Crippen LogP contribution in [0.3, 0.4) is 0 Å². The van der Waals surface area contributed by atoms with Crippen molar-refractivity contribution in [2.24, 2.45) is 10.8 Å². The molecule has 0 fully saturated rings. The van der Waals surface area contributed by atoms with Crippen LogP contribution >= 0.6 is 0 Å². The summed E-state index contributed by atoms with van der Waals surface area (Å²) in [6, 6.07) is 15.2. The van der Waals surface area contributed by atoms with Crippen LogP contribution in [0.25, 0.3) is 12.2 Å². The van der Waals surface area contributed by atoms with Gasteiger partial charge in [0, 0.05) is 37.9 Å². The zero-order chi connectivity index (χ0) is 33.3. The third-order valence-electron chi connectivity index (χ3n) is 7.41. The number of ether oxygens (including phenoxy) is 1. The molecule has 1 atom stereocenters. The van der Waals surface area contributed by atoms with Crippen molar-refractivity contribution in [2.75, 3.05) is 44.8 Å². The van der Waals surface area contributed by atoms with Gasteiger partial charge in [-0.3, -0.25) is 18.9 Å². The van der Waals surface area contributed by atoms with Crippen LogP contribution in [0.15, 0.2) is 48.5 Å². The molecule has 3 amide bonds.